The summed E-state index contributed by atoms with van der Waals surface area (Å²) in [7, 11) is 0. The zero-order valence-corrected chi connectivity index (χ0v) is 16.2. The largest absolute Gasteiger partial charge is 0.491 e. The highest BCUT2D eigenvalue weighted by molar-refractivity contribution is 6.34. The Morgan fingerprint density at radius 2 is 1.85 bits per heavy atom. The predicted octanol–water partition coefficient (Wildman–Crippen LogP) is 4.26. The van der Waals surface area contributed by atoms with Gasteiger partial charge in [0.05, 0.1) is 36.6 Å². The van der Waals surface area contributed by atoms with Gasteiger partial charge in [-0.1, -0.05) is 35.9 Å². The molecule has 4 rings (SSSR count). The van der Waals surface area contributed by atoms with Gasteiger partial charge < -0.3 is 19.1 Å². The molecule has 1 amide bonds. The molecule has 0 atom stereocenters. The number of benzene rings is 2. The summed E-state index contributed by atoms with van der Waals surface area (Å²) in [4.78, 5) is 15.0. The van der Waals surface area contributed by atoms with Crippen LogP contribution < -0.4 is 9.64 Å². The molecule has 2 aliphatic rings. The average Bonchev–Trinajstić information content (AvgIpc) is 2.87. The first-order valence-electron chi connectivity index (χ1n) is 9.16. The van der Waals surface area contributed by atoms with E-state index < -0.39 is 5.79 Å². The minimum absolute atomic E-state index is 0.113. The molecule has 1 saturated heterocycles. The Morgan fingerprint density at radius 3 is 2.52 bits per heavy atom. The number of hydrogen-bond acceptors (Lipinski definition) is 4. The average molecular weight is 388 g/mol. The van der Waals surface area contributed by atoms with Crippen molar-refractivity contribution in [3.05, 3.63) is 58.6 Å². The van der Waals surface area contributed by atoms with Gasteiger partial charge in [0.1, 0.15) is 5.75 Å². The fourth-order valence-corrected chi connectivity index (χ4v) is 3.82. The molecule has 0 unspecified atom stereocenters. The Bertz CT molecular complexity index is 844. The number of anilines is 1. The van der Waals surface area contributed by atoms with Crippen molar-refractivity contribution in [2.45, 2.75) is 38.7 Å². The van der Waals surface area contributed by atoms with Gasteiger partial charge in [0.2, 0.25) is 0 Å². The summed E-state index contributed by atoms with van der Waals surface area (Å²) < 4.78 is 17.4. The first-order valence-corrected chi connectivity index (χ1v) is 9.53. The molecule has 2 heterocycles. The summed E-state index contributed by atoms with van der Waals surface area (Å²) in [5.41, 5.74) is 2.31. The Morgan fingerprint density at radius 1 is 1.15 bits per heavy atom. The Hall–Kier alpha value is -2.08. The van der Waals surface area contributed by atoms with Crippen LogP contribution in [0.15, 0.2) is 42.5 Å². The Labute approximate surface area is 163 Å². The van der Waals surface area contributed by atoms with Crippen molar-refractivity contribution in [2.75, 3.05) is 18.1 Å². The lowest BCUT2D eigenvalue weighted by atomic mass is 10.1. The molecule has 2 aromatic rings. The maximum atomic E-state index is 13.3. The SMILES string of the molecule is CC(C)Oc1ccc(CN2C(=O)C3(OCCCO3)c3cccc(Cl)c32)cc1. The molecule has 27 heavy (non-hydrogen) atoms. The molecule has 0 aliphatic carbocycles. The lowest BCUT2D eigenvalue weighted by molar-refractivity contribution is -0.256. The summed E-state index contributed by atoms with van der Waals surface area (Å²) in [6.07, 6.45) is 0.879. The molecular weight excluding hydrogens is 366 g/mol. The Balaban J connectivity index is 1.66. The smallest absolute Gasteiger partial charge is 0.292 e. The third-order valence-electron chi connectivity index (χ3n) is 4.67. The van der Waals surface area contributed by atoms with Gasteiger partial charge in [0, 0.05) is 5.56 Å². The van der Waals surface area contributed by atoms with E-state index in [1.807, 2.05) is 50.2 Å². The molecule has 0 saturated carbocycles. The highest BCUT2D eigenvalue weighted by atomic mass is 35.5. The standard InChI is InChI=1S/C21H22ClNO4/c1-14(2)27-16-9-7-15(8-10-16)13-23-19-17(5-3-6-18(19)22)21(20(23)24)25-11-4-12-26-21/h3,5-10,14H,4,11-13H2,1-2H3. The summed E-state index contributed by atoms with van der Waals surface area (Å²) in [5.74, 6) is -0.803. The zero-order chi connectivity index (χ0) is 19.0. The van der Waals surface area contributed by atoms with Crippen molar-refractivity contribution in [3.63, 3.8) is 0 Å². The normalized spacial score (nSPS) is 18.2. The fraction of sp³-hybridized carbons (Fsp3) is 0.381. The first kappa shape index (κ1) is 18.3. The van der Waals surface area contributed by atoms with Crippen LogP contribution in [0.25, 0.3) is 0 Å². The quantitative estimate of drug-likeness (QED) is 0.786. The van der Waals surface area contributed by atoms with Crippen molar-refractivity contribution < 1.29 is 19.0 Å². The first-order chi connectivity index (χ1) is 13.0. The lowest BCUT2D eigenvalue weighted by Crippen LogP contribution is -2.47. The van der Waals surface area contributed by atoms with Gasteiger partial charge in [0.25, 0.3) is 11.7 Å². The number of rotatable bonds is 4. The third-order valence-corrected chi connectivity index (χ3v) is 4.98. The van der Waals surface area contributed by atoms with Crippen molar-refractivity contribution in [1.82, 2.24) is 0 Å². The number of hydrogen-bond donors (Lipinski definition) is 0. The van der Waals surface area contributed by atoms with E-state index in [1.165, 1.54) is 0 Å². The number of amides is 1. The lowest BCUT2D eigenvalue weighted by Gasteiger charge is -2.32. The number of carbonyl (C=O) groups excluding carboxylic acids is 1. The molecule has 0 N–H and O–H groups in total. The molecule has 6 heteroatoms. The van der Waals surface area contributed by atoms with Crippen LogP contribution in [0.4, 0.5) is 5.69 Å². The van der Waals surface area contributed by atoms with Gasteiger partial charge in [-0.25, -0.2) is 0 Å². The van der Waals surface area contributed by atoms with E-state index in [4.69, 9.17) is 25.8 Å². The topological polar surface area (TPSA) is 48.0 Å². The number of nitrogens with zero attached hydrogens (tertiary/aromatic N) is 1. The van der Waals surface area contributed by atoms with Crippen LogP contribution in [-0.2, 0) is 26.6 Å². The van der Waals surface area contributed by atoms with E-state index in [9.17, 15) is 4.79 Å². The monoisotopic (exact) mass is 387 g/mol. The van der Waals surface area contributed by atoms with Crippen LogP contribution in [-0.4, -0.2) is 25.2 Å². The second-order valence-electron chi connectivity index (χ2n) is 7.00. The Kier molecular flexibility index (Phi) is 4.84. The maximum absolute atomic E-state index is 13.3. The van der Waals surface area contributed by atoms with Crippen molar-refractivity contribution in [1.29, 1.82) is 0 Å². The second kappa shape index (κ2) is 7.15. The van der Waals surface area contributed by atoms with Crippen LogP contribution in [0.2, 0.25) is 5.02 Å². The van der Waals surface area contributed by atoms with Crippen molar-refractivity contribution >= 4 is 23.2 Å². The van der Waals surface area contributed by atoms with Crippen molar-refractivity contribution in [2.24, 2.45) is 0 Å². The van der Waals surface area contributed by atoms with E-state index in [1.54, 1.807) is 11.0 Å². The number of halogens is 1. The molecule has 0 aromatic heterocycles. The van der Waals surface area contributed by atoms with Crippen LogP contribution in [0, 0.1) is 0 Å². The molecular formula is C21H22ClNO4. The minimum Gasteiger partial charge on any atom is -0.491 e. The minimum atomic E-state index is -1.38. The summed E-state index contributed by atoms with van der Waals surface area (Å²) in [6, 6.07) is 13.2. The molecule has 2 aromatic carbocycles. The van der Waals surface area contributed by atoms with Gasteiger partial charge >= 0.3 is 0 Å². The molecule has 5 nitrogen and oxygen atoms in total. The summed E-state index contributed by atoms with van der Waals surface area (Å²) in [6.45, 7) is 5.31. The summed E-state index contributed by atoms with van der Waals surface area (Å²) in [5, 5.41) is 0.509. The number of ether oxygens (including phenoxy) is 3. The van der Waals surface area contributed by atoms with Crippen LogP contribution in [0.1, 0.15) is 31.4 Å². The highest BCUT2D eigenvalue weighted by Crippen LogP contribution is 2.48. The summed E-state index contributed by atoms with van der Waals surface area (Å²) >= 11 is 6.46. The van der Waals surface area contributed by atoms with Gasteiger partial charge in [0.15, 0.2) is 0 Å². The molecule has 1 fully saturated rings. The number of fused-ring (bicyclic) bond motifs is 2. The highest BCUT2D eigenvalue weighted by Gasteiger charge is 2.55. The molecule has 142 valence electrons. The van der Waals surface area contributed by atoms with Crippen LogP contribution in [0.5, 0.6) is 5.75 Å². The van der Waals surface area contributed by atoms with Crippen LogP contribution in [0.3, 0.4) is 0 Å². The van der Waals surface area contributed by atoms with Gasteiger partial charge in [-0.15, -0.1) is 0 Å². The third kappa shape index (κ3) is 3.20. The van der Waals surface area contributed by atoms with Gasteiger partial charge in [-0.05, 0) is 44.0 Å². The van der Waals surface area contributed by atoms with E-state index >= 15 is 0 Å². The number of carbonyl (C=O) groups is 1. The molecule has 1 spiro atoms. The maximum Gasteiger partial charge on any atom is 0.292 e. The number of para-hydroxylation sites is 1. The van der Waals surface area contributed by atoms with E-state index in [0.717, 1.165) is 17.7 Å². The molecule has 0 bridgehead atoms. The van der Waals surface area contributed by atoms with E-state index in [0.29, 0.717) is 36.0 Å². The van der Waals surface area contributed by atoms with Gasteiger partial charge in [-0.3, -0.25) is 4.79 Å². The van der Waals surface area contributed by atoms with Crippen molar-refractivity contribution in [3.8, 4) is 5.75 Å². The predicted molar refractivity (Wildman–Crippen MR) is 103 cm³/mol. The van der Waals surface area contributed by atoms with E-state index in [-0.39, 0.29) is 12.0 Å². The second-order valence-corrected chi connectivity index (χ2v) is 7.41. The molecule has 0 radical (unpaired) electrons. The fourth-order valence-electron chi connectivity index (χ4n) is 3.54. The zero-order valence-electron chi connectivity index (χ0n) is 15.4. The van der Waals surface area contributed by atoms with E-state index in [2.05, 4.69) is 0 Å². The van der Waals surface area contributed by atoms with Crippen LogP contribution >= 0.6 is 11.6 Å². The van der Waals surface area contributed by atoms with Gasteiger partial charge in [-0.2, -0.15) is 0 Å². The molecule has 2 aliphatic heterocycles.